The van der Waals surface area contributed by atoms with E-state index < -0.39 is 133 Å². The zero-order valence-corrected chi connectivity index (χ0v) is 33.5. The Kier molecular flexibility index (Phi) is 17.5. The molecular weight excluding hydrogens is 792 g/mol. The molecule has 23 heteroatoms. The standard InChI is InChI=1S/C37H54N10O13/c1-16(2)28(34(56)43-22(31(53)45-25(15-49)37(59)60)11-19-13-40-21-8-6-5-7-20(19)21)46-33(55)24(14-48)44-32(54)23(12-27(39)51)42-30(52)18(4)41-35(57)29-26(50)9-10-47(29)36(58)17(3)38/h5-8,13,16-18,22-26,28-29,40,48-50H,9-12,14-15,38H2,1-4H3,(H2,39,51)(H,41,57)(H,42,52)(H,43,56)(H,44,54)(H,45,53)(H,46,55)(H,59,60)/t17-,18-,22-,23-,24-,25-,26-,28+,29-/m0/s1. The Bertz CT molecular complexity index is 1920. The second-order valence-electron chi connectivity index (χ2n) is 14.8. The minimum absolute atomic E-state index is 0.0349. The van der Waals surface area contributed by atoms with E-state index in [0.717, 1.165) is 4.90 Å². The number of carboxylic acid groups (broad SMARTS) is 1. The fourth-order valence-electron chi connectivity index (χ4n) is 6.38. The number of carbonyl (C=O) groups is 9. The molecule has 1 saturated heterocycles. The van der Waals surface area contributed by atoms with Gasteiger partial charge >= 0.3 is 5.97 Å². The SMILES string of the molecule is CC(C)[C@@H](NC(=O)[C@H](CO)NC(=O)[C@H](CC(N)=O)NC(=O)[C@H](C)NC(=O)[C@@H]1[C@@H](O)CCN1C(=O)[C@H](C)N)C(=O)N[C@@H](Cc1c[nH]c2ccccc12)C(=O)N[C@@H](CO)C(=O)O. The van der Waals surface area contributed by atoms with Gasteiger partial charge in [0.05, 0.1) is 31.8 Å². The average molecular weight is 847 g/mol. The largest absolute Gasteiger partial charge is 0.480 e. The van der Waals surface area contributed by atoms with E-state index in [9.17, 15) is 63.6 Å². The summed E-state index contributed by atoms with van der Waals surface area (Å²) in [5, 5.41) is 53.9. The first-order chi connectivity index (χ1) is 28.2. The molecule has 0 bridgehead atoms. The first-order valence-corrected chi connectivity index (χ1v) is 19.0. The van der Waals surface area contributed by atoms with Gasteiger partial charge in [-0.15, -0.1) is 0 Å². The number of aromatic nitrogens is 1. The molecule has 1 aromatic heterocycles. The zero-order valence-electron chi connectivity index (χ0n) is 33.5. The summed E-state index contributed by atoms with van der Waals surface area (Å²) < 4.78 is 0. The van der Waals surface area contributed by atoms with Crippen LogP contribution in [0, 0.1) is 5.92 Å². The van der Waals surface area contributed by atoms with E-state index in [4.69, 9.17) is 11.5 Å². The van der Waals surface area contributed by atoms with Gasteiger partial charge in [-0.2, -0.15) is 0 Å². The molecule has 1 aliphatic rings. The number of H-pyrrole nitrogens is 1. The molecule has 330 valence electrons. The highest BCUT2D eigenvalue weighted by molar-refractivity contribution is 5.99. The van der Waals surface area contributed by atoms with E-state index in [1.54, 1.807) is 30.5 Å². The first kappa shape index (κ1) is 48.2. The van der Waals surface area contributed by atoms with Crippen LogP contribution in [0.3, 0.4) is 0 Å². The molecule has 0 radical (unpaired) electrons. The number of benzene rings is 1. The lowest BCUT2D eigenvalue weighted by atomic mass is 10.00. The number of hydrogen-bond acceptors (Lipinski definition) is 13. The summed E-state index contributed by atoms with van der Waals surface area (Å²) in [7, 11) is 0. The van der Waals surface area contributed by atoms with Gasteiger partial charge in [-0.1, -0.05) is 32.0 Å². The number of nitrogens with two attached hydrogens (primary N) is 2. The van der Waals surface area contributed by atoms with Crippen molar-refractivity contribution in [2.75, 3.05) is 19.8 Å². The van der Waals surface area contributed by atoms with Crippen molar-refractivity contribution < 1.29 is 63.6 Å². The smallest absolute Gasteiger partial charge is 0.328 e. The Morgan fingerprint density at radius 2 is 1.35 bits per heavy atom. The molecule has 0 saturated carbocycles. The van der Waals surface area contributed by atoms with Crippen LogP contribution >= 0.6 is 0 Å². The van der Waals surface area contributed by atoms with Gasteiger partial charge in [0.1, 0.15) is 42.3 Å². The fraction of sp³-hybridized carbons (Fsp3) is 0.541. The molecule has 60 heavy (non-hydrogen) atoms. The highest BCUT2D eigenvalue weighted by Gasteiger charge is 2.43. The van der Waals surface area contributed by atoms with Crippen LogP contribution < -0.4 is 43.4 Å². The summed E-state index contributed by atoms with van der Waals surface area (Å²) in [5.41, 5.74) is 12.2. The molecule has 3 rings (SSSR count). The number of aliphatic carboxylic acids is 1. The van der Waals surface area contributed by atoms with Crippen molar-refractivity contribution >= 4 is 64.1 Å². The highest BCUT2D eigenvalue weighted by atomic mass is 16.4. The van der Waals surface area contributed by atoms with Crippen molar-refractivity contribution in [1.82, 2.24) is 41.8 Å². The number of aliphatic hydroxyl groups excluding tert-OH is 3. The van der Waals surface area contributed by atoms with E-state index in [-0.39, 0.29) is 19.4 Å². The molecule has 8 amide bonds. The summed E-state index contributed by atoms with van der Waals surface area (Å²) >= 11 is 0. The van der Waals surface area contributed by atoms with E-state index in [2.05, 4.69) is 36.9 Å². The van der Waals surface area contributed by atoms with Gasteiger partial charge < -0.3 is 73.7 Å². The lowest BCUT2D eigenvalue weighted by molar-refractivity contribution is -0.143. The number of aliphatic hydroxyl groups is 3. The van der Waals surface area contributed by atoms with Crippen LogP contribution in [0.2, 0.25) is 0 Å². The third kappa shape index (κ3) is 12.7. The minimum atomic E-state index is -1.78. The molecule has 2 heterocycles. The number of amides is 8. The van der Waals surface area contributed by atoms with Crippen LogP contribution in [0.5, 0.6) is 0 Å². The third-order valence-corrected chi connectivity index (χ3v) is 9.69. The van der Waals surface area contributed by atoms with Crippen LogP contribution in [-0.4, -0.2) is 158 Å². The Morgan fingerprint density at radius 3 is 1.93 bits per heavy atom. The molecule has 23 nitrogen and oxygen atoms in total. The Balaban J connectivity index is 1.73. The maximum atomic E-state index is 13.7. The molecule has 0 unspecified atom stereocenters. The molecule has 0 spiro atoms. The van der Waals surface area contributed by atoms with Crippen molar-refractivity contribution in [3.05, 3.63) is 36.0 Å². The maximum absolute atomic E-state index is 13.7. The van der Waals surface area contributed by atoms with Gasteiger partial charge in [0.15, 0.2) is 0 Å². The van der Waals surface area contributed by atoms with Gasteiger partial charge in [-0.05, 0) is 37.8 Å². The van der Waals surface area contributed by atoms with Crippen LogP contribution in [0.25, 0.3) is 10.9 Å². The van der Waals surface area contributed by atoms with Crippen molar-refractivity contribution in [1.29, 1.82) is 0 Å². The summed E-state index contributed by atoms with van der Waals surface area (Å²) in [6.45, 7) is 3.75. The molecule has 1 aromatic carbocycles. The molecule has 1 fully saturated rings. The molecular formula is C37H54N10O13. The van der Waals surface area contributed by atoms with Crippen molar-refractivity contribution in [2.45, 2.75) is 101 Å². The maximum Gasteiger partial charge on any atom is 0.328 e. The number of hydrogen-bond donors (Lipinski definition) is 13. The van der Waals surface area contributed by atoms with Crippen molar-refractivity contribution in [3.8, 4) is 0 Å². The Morgan fingerprint density at radius 1 is 0.783 bits per heavy atom. The van der Waals surface area contributed by atoms with E-state index in [1.807, 2.05) is 0 Å². The lowest BCUT2D eigenvalue weighted by Gasteiger charge is -2.28. The second kappa shape index (κ2) is 21.7. The predicted octanol–water partition coefficient (Wildman–Crippen LogP) is -5.45. The lowest BCUT2D eigenvalue weighted by Crippen LogP contribution is -2.61. The molecule has 0 aliphatic carbocycles. The number of para-hydroxylation sites is 1. The summed E-state index contributed by atoms with van der Waals surface area (Å²) in [6.07, 6.45) is -0.539. The fourth-order valence-corrected chi connectivity index (χ4v) is 6.38. The van der Waals surface area contributed by atoms with Gasteiger partial charge in [0, 0.05) is 30.1 Å². The highest BCUT2D eigenvalue weighted by Crippen LogP contribution is 2.21. The van der Waals surface area contributed by atoms with Crippen molar-refractivity contribution in [2.24, 2.45) is 17.4 Å². The normalized spacial score (nSPS) is 18.5. The number of nitrogens with one attached hydrogen (secondary N) is 7. The van der Waals surface area contributed by atoms with Crippen LogP contribution in [0.4, 0.5) is 0 Å². The van der Waals surface area contributed by atoms with Gasteiger partial charge in [-0.3, -0.25) is 38.4 Å². The summed E-state index contributed by atoms with van der Waals surface area (Å²) in [4.78, 5) is 120. The number of rotatable bonds is 21. The van der Waals surface area contributed by atoms with E-state index in [1.165, 1.54) is 27.7 Å². The van der Waals surface area contributed by atoms with Gasteiger partial charge in [0.2, 0.25) is 47.3 Å². The molecule has 15 N–H and O–H groups in total. The number of carboxylic acids is 1. The average Bonchev–Trinajstić information content (AvgIpc) is 3.78. The monoisotopic (exact) mass is 846 g/mol. The number of nitrogens with zero attached hydrogens (tertiary/aromatic N) is 1. The first-order valence-electron chi connectivity index (χ1n) is 19.0. The van der Waals surface area contributed by atoms with Gasteiger partial charge in [0.25, 0.3) is 0 Å². The van der Waals surface area contributed by atoms with Gasteiger partial charge in [-0.25, -0.2) is 4.79 Å². The second-order valence-corrected chi connectivity index (χ2v) is 14.8. The zero-order chi connectivity index (χ0) is 45.0. The van der Waals surface area contributed by atoms with Crippen molar-refractivity contribution in [3.63, 3.8) is 0 Å². The number of primary amides is 1. The Labute approximate surface area is 343 Å². The summed E-state index contributed by atoms with van der Waals surface area (Å²) in [5.74, 6) is -9.94. The number of carbonyl (C=O) groups excluding carboxylic acids is 8. The van der Waals surface area contributed by atoms with Crippen LogP contribution in [0.1, 0.15) is 46.1 Å². The number of aromatic amines is 1. The molecule has 9 atom stereocenters. The van der Waals surface area contributed by atoms with E-state index in [0.29, 0.717) is 16.5 Å². The summed E-state index contributed by atoms with van der Waals surface area (Å²) in [6, 6.07) is -4.75. The molecule has 2 aromatic rings. The minimum Gasteiger partial charge on any atom is -0.480 e. The van der Waals surface area contributed by atoms with Crippen LogP contribution in [0.15, 0.2) is 30.5 Å². The number of fused-ring (bicyclic) bond motifs is 1. The Hall–Kier alpha value is -6.17. The topological polar surface area (TPSA) is 378 Å². The van der Waals surface area contributed by atoms with E-state index >= 15 is 0 Å². The number of likely N-dealkylation sites (tertiary alicyclic amines) is 1. The quantitative estimate of drug-likeness (QED) is 0.0558. The molecule has 1 aliphatic heterocycles. The third-order valence-electron chi connectivity index (χ3n) is 9.69. The van der Waals surface area contributed by atoms with Crippen LogP contribution in [-0.2, 0) is 49.6 Å². The predicted molar refractivity (Wildman–Crippen MR) is 209 cm³/mol.